The number of rotatable bonds is 0. The van der Waals surface area contributed by atoms with Crippen LogP contribution in [-0.4, -0.2) is 23.6 Å². The molecule has 1 spiro atoms. The Bertz CT molecular complexity index is 187. The summed E-state index contributed by atoms with van der Waals surface area (Å²) >= 11 is 0. The van der Waals surface area contributed by atoms with Crippen LogP contribution in [0.25, 0.3) is 0 Å². The van der Waals surface area contributed by atoms with Crippen LogP contribution in [0.4, 0.5) is 0 Å². The molecule has 9 heavy (non-hydrogen) atoms. The van der Waals surface area contributed by atoms with Gasteiger partial charge in [0.15, 0.2) is 0 Å². The fraction of sp³-hybridized carbons (Fsp3) is 0.750. The van der Waals surface area contributed by atoms with Crippen LogP contribution < -0.4 is 0 Å². The largest absolute Gasteiger partial charge is 0.280 e. The first-order valence-electron chi connectivity index (χ1n) is 3.73. The molecule has 0 amide bonds. The molecule has 1 heteroatoms. The Labute approximate surface area is 56.6 Å². The van der Waals surface area contributed by atoms with Crippen molar-refractivity contribution in [1.29, 1.82) is 0 Å². The molecular formula is C8H14N+. The third-order valence-electron chi connectivity index (χ3n) is 3.31. The first kappa shape index (κ1) is 5.48. The molecule has 0 aliphatic carbocycles. The SMILES string of the molecule is CC1=C(C)[N+]2(CC2)C1C. The molecule has 1 nitrogen and oxygen atoms in total. The predicted octanol–water partition coefficient (Wildman–Crippen LogP) is 1.51. The minimum atomic E-state index is 0.852. The lowest BCUT2D eigenvalue weighted by molar-refractivity contribution is -0.802. The van der Waals surface area contributed by atoms with Crippen LogP contribution in [0.2, 0.25) is 0 Å². The molecule has 0 saturated carbocycles. The monoisotopic (exact) mass is 124 g/mol. The van der Waals surface area contributed by atoms with E-state index >= 15 is 0 Å². The van der Waals surface area contributed by atoms with E-state index in [0.29, 0.717) is 0 Å². The van der Waals surface area contributed by atoms with Gasteiger partial charge in [-0.15, -0.1) is 0 Å². The summed E-state index contributed by atoms with van der Waals surface area (Å²) in [6, 6.07) is 0.852. The third-order valence-corrected chi connectivity index (χ3v) is 3.31. The van der Waals surface area contributed by atoms with Crippen molar-refractivity contribution in [3.63, 3.8) is 0 Å². The van der Waals surface area contributed by atoms with Gasteiger partial charge < -0.3 is 0 Å². The lowest BCUT2D eigenvalue weighted by Gasteiger charge is -2.37. The van der Waals surface area contributed by atoms with Gasteiger partial charge in [0.2, 0.25) is 0 Å². The molecule has 0 N–H and O–H groups in total. The van der Waals surface area contributed by atoms with Gasteiger partial charge in [-0.1, -0.05) is 0 Å². The Kier molecular flexibility index (Phi) is 0.755. The van der Waals surface area contributed by atoms with Crippen LogP contribution in [0.5, 0.6) is 0 Å². The van der Waals surface area contributed by atoms with Crippen LogP contribution in [-0.2, 0) is 0 Å². The Balaban J connectivity index is 2.36. The second-order valence-corrected chi connectivity index (χ2v) is 3.43. The molecule has 50 valence electrons. The maximum absolute atomic E-state index is 2.34. The predicted molar refractivity (Wildman–Crippen MR) is 37.8 cm³/mol. The zero-order valence-electron chi connectivity index (χ0n) is 6.44. The quantitative estimate of drug-likeness (QED) is 0.339. The average Bonchev–Trinajstić information content (AvgIpc) is 2.65. The lowest BCUT2D eigenvalue weighted by atomic mass is 9.97. The molecule has 1 saturated heterocycles. The van der Waals surface area contributed by atoms with Gasteiger partial charge in [-0.25, -0.2) is 0 Å². The highest BCUT2D eigenvalue weighted by Crippen LogP contribution is 2.46. The van der Waals surface area contributed by atoms with E-state index in [9.17, 15) is 0 Å². The number of hydrogen-bond acceptors (Lipinski definition) is 0. The van der Waals surface area contributed by atoms with Gasteiger partial charge >= 0.3 is 0 Å². The van der Waals surface area contributed by atoms with Gasteiger partial charge in [-0.05, 0) is 13.8 Å². The van der Waals surface area contributed by atoms with Crippen molar-refractivity contribution >= 4 is 0 Å². The van der Waals surface area contributed by atoms with E-state index in [4.69, 9.17) is 0 Å². The first-order valence-corrected chi connectivity index (χ1v) is 3.73. The number of hydrogen-bond donors (Lipinski definition) is 0. The van der Waals surface area contributed by atoms with Crippen LogP contribution in [0.15, 0.2) is 11.3 Å². The normalized spacial score (nSPS) is 37.0. The van der Waals surface area contributed by atoms with Gasteiger partial charge in [-0.3, -0.25) is 4.48 Å². The fourth-order valence-electron chi connectivity index (χ4n) is 2.08. The molecule has 2 aliphatic rings. The Hall–Kier alpha value is -0.300. The van der Waals surface area contributed by atoms with Crippen LogP contribution in [0.3, 0.4) is 0 Å². The van der Waals surface area contributed by atoms with Crippen molar-refractivity contribution < 1.29 is 4.48 Å². The lowest BCUT2D eigenvalue weighted by Crippen LogP contribution is -2.45. The van der Waals surface area contributed by atoms with E-state index < -0.39 is 0 Å². The van der Waals surface area contributed by atoms with Crippen molar-refractivity contribution in [2.45, 2.75) is 26.8 Å². The Morgan fingerprint density at radius 1 is 1.33 bits per heavy atom. The second-order valence-electron chi connectivity index (χ2n) is 3.43. The molecule has 2 heterocycles. The van der Waals surface area contributed by atoms with Crippen LogP contribution >= 0.6 is 0 Å². The average molecular weight is 124 g/mol. The minimum absolute atomic E-state index is 0.852. The van der Waals surface area contributed by atoms with E-state index in [0.717, 1.165) is 6.04 Å². The van der Waals surface area contributed by atoms with E-state index in [1.54, 1.807) is 11.3 Å². The summed E-state index contributed by atoms with van der Waals surface area (Å²) in [5.74, 6) is 0. The van der Waals surface area contributed by atoms with E-state index in [2.05, 4.69) is 20.8 Å². The molecule has 0 aromatic carbocycles. The van der Waals surface area contributed by atoms with Crippen LogP contribution in [0.1, 0.15) is 20.8 Å². The molecule has 0 bridgehead atoms. The standard InChI is InChI=1S/C8H14N/c1-6-7(2)9(4-5-9)8(6)3/h7H,4-5H2,1-3H3/q+1. The highest BCUT2D eigenvalue weighted by Gasteiger charge is 2.57. The molecular weight excluding hydrogens is 110 g/mol. The van der Waals surface area contributed by atoms with Crippen molar-refractivity contribution in [3.05, 3.63) is 11.3 Å². The van der Waals surface area contributed by atoms with Crippen molar-refractivity contribution in [1.82, 2.24) is 0 Å². The molecule has 0 aromatic heterocycles. The summed E-state index contributed by atoms with van der Waals surface area (Å²) in [7, 11) is 0. The highest BCUT2D eigenvalue weighted by atomic mass is 15.5. The number of nitrogens with zero attached hydrogens (tertiary/aromatic N) is 1. The fourth-order valence-corrected chi connectivity index (χ4v) is 2.08. The maximum Gasteiger partial charge on any atom is 0.134 e. The zero-order valence-corrected chi connectivity index (χ0v) is 6.44. The molecule has 2 rings (SSSR count). The van der Waals surface area contributed by atoms with Crippen molar-refractivity contribution in [2.24, 2.45) is 0 Å². The summed E-state index contributed by atoms with van der Waals surface area (Å²) in [5, 5.41) is 0. The summed E-state index contributed by atoms with van der Waals surface area (Å²) in [5.41, 5.74) is 3.27. The summed E-state index contributed by atoms with van der Waals surface area (Å²) < 4.78 is 1.34. The summed E-state index contributed by atoms with van der Waals surface area (Å²) in [6.07, 6.45) is 0. The van der Waals surface area contributed by atoms with Crippen molar-refractivity contribution in [2.75, 3.05) is 13.1 Å². The van der Waals surface area contributed by atoms with Gasteiger partial charge in [0.25, 0.3) is 0 Å². The highest BCUT2D eigenvalue weighted by molar-refractivity contribution is 5.20. The Morgan fingerprint density at radius 3 is 2.11 bits per heavy atom. The van der Waals surface area contributed by atoms with Gasteiger partial charge in [0, 0.05) is 12.5 Å². The topological polar surface area (TPSA) is 0 Å². The molecule has 1 atom stereocenters. The smallest absolute Gasteiger partial charge is 0.134 e. The maximum atomic E-state index is 2.34. The minimum Gasteiger partial charge on any atom is -0.280 e. The first-order chi connectivity index (χ1) is 4.18. The molecule has 1 unspecified atom stereocenters. The molecule has 2 aliphatic heterocycles. The third kappa shape index (κ3) is 0.410. The van der Waals surface area contributed by atoms with Gasteiger partial charge in [-0.2, -0.15) is 0 Å². The zero-order chi connectivity index (χ0) is 6.65. The van der Waals surface area contributed by atoms with E-state index in [1.165, 1.54) is 17.6 Å². The Morgan fingerprint density at radius 2 is 1.89 bits per heavy atom. The van der Waals surface area contributed by atoms with E-state index in [1.807, 2.05) is 0 Å². The number of allylic oxidation sites excluding steroid dienone is 1. The second kappa shape index (κ2) is 1.24. The summed E-state index contributed by atoms with van der Waals surface area (Å²) in [6.45, 7) is 9.70. The molecule has 0 aromatic rings. The number of quaternary nitrogens is 1. The van der Waals surface area contributed by atoms with Crippen molar-refractivity contribution in [3.8, 4) is 0 Å². The van der Waals surface area contributed by atoms with Crippen LogP contribution in [0, 0.1) is 0 Å². The molecule has 1 fully saturated rings. The molecule has 0 radical (unpaired) electrons. The summed E-state index contributed by atoms with van der Waals surface area (Å²) in [4.78, 5) is 0. The van der Waals surface area contributed by atoms with E-state index in [-0.39, 0.29) is 0 Å². The van der Waals surface area contributed by atoms with Gasteiger partial charge in [0.1, 0.15) is 24.8 Å². The van der Waals surface area contributed by atoms with Gasteiger partial charge in [0.05, 0.1) is 0 Å².